The molecule has 5 nitrogen and oxygen atoms in total. The van der Waals surface area contributed by atoms with Crippen LogP contribution in [0.15, 0.2) is 0 Å². The number of hydrogen-bond acceptors (Lipinski definition) is 4. The zero-order valence-corrected chi connectivity index (χ0v) is 12.7. The van der Waals surface area contributed by atoms with Gasteiger partial charge in [-0.2, -0.15) is 0 Å². The predicted octanol–water partition coefficient (Wildman–Crippen LogP) is 1.49. The van der Waals surface area contributed by atoms with Crippen molar-refractivity contribution in [1.29, 1.82) is 0 Å². The van der Waals surface area contributed by atoms with Gasteiger partial charge in [0.05, 0.1) is 0 Å². The van der Waals surface area contributed by atoms with E-state index in [2.05, 4.69) is 22.9 Å². The summed E-state index contributed by atoms with van der Waals surface area (Å²) in [5.41, 5.74) is -0.436. The van der Waals surface area contributed by atoms with E-state index in [1.54, 1.807) is 0 Å². The molecule has 1 amide bonds. The summed E-state index contributed by atoms with van der Waals surface area (Å²) in [5.74, 6) is 0.706. The van der Waals surface area contributed by atoms with Gasteiger partial charge in [0.15, 0.2) is 0 Å². The van der Waals surface area contributed by atoms with Gasteiger partial charge in [-0.15, -0.1) is 0 Å². The molecular weight excluding hydrogens is 242 g/mol. The summed E-state index contributed by atoms with van der Waals surface area (Å²) >= 11 is 0. The van der Waals surface area contributed by atoms with Crippen LogP contribution in [0.1, 0.15) is 40.5 Å². The first-order valence-corrected chi connectivity index (χ1v) is 7.28. The lowest BCUT2D eigenvalue weighted by Gasteiger charge is -2.25. The van der Waals surface area contributed by atoms with E-state index in [1.807, 2.05) is 20.8 Å². The lowest BCUT2D eigenvalue weighted by molar-refractivity contribution is 0.0523. The number of ether oxygens (including phenoxy) is 1. The number of hydrogen-bond donors (Lipinski definition) is 3. The van der Waals surface area contributed by atoms with E-state index in [4.69, 9.17) is 4.74 Å². The zero-order valence-electron chi connectivity index (χ0n) is 12.7. The van der Waals surface area contributed by atoms with Crippen LogP contribution in [0, 0.1) is 5.92 Å². The second-order valence-corrected chi connectivity index (χ2v) is 6.40. The average molecular weight is 271 g/mol. The first-order chi connectivity index (χ1) is 8.87. The van der Waals surface area contributed by atoms with Gasteiger partial charge in [0.2, 0.25) is 0 Å². The molecule has 0 spiro atoms. The number of amides is 1. The Morgan fingerprint density at radius 1 is 1.47 bits per heavy atom. The molecule has 1 aliphatic rings. The SMILES string of the molecule is CC(CNC(=O)OC(C)(C)C)NCC1CCCNC1. The van der Waals surface area contributed by atoms with Gasteiger partial charge in [-0.3, -0.25) is 0 Å². The molecule has 0 aromatic carbocycles. The maximum Gasteiger partial charge on any atom is 0.407 e. The lowest BCUT2D eigenvalue weighted by atomic mass is 9.99. The summed E-state index contributed by atoms with van der Waals surface area (Å²) in [7, 11) is 0. The summed E-state index contributed by atoms with van der Waals surface area (Å²) in [4.78, 5) is 11.5. The zero-order chi connectivity index (χ0) is 14.3. The summed E-state index contributed by atoms with van der Waals surface area (Å²) < 4.78 is 5.19. The Balaban J connectivity index is 2.10. The number of rotatable bonds is 5. The maximum absolute atomic E-state index is 11.5. The van der Waals surface area contributed by atoms with Crippen LogP contribution in [-0.4, -0.2) is 43.9 Å². The third-order valence-electron chi connectivity index (χ3n) is 3.11. The van der Waals surface area contributed by atoms with E-state index >= 15 is 0 Å². The van der Waals surface area contributed by atoms with E-state index in [0.717, 1.165) is 19.6 Å². The molecule has 0 aromatic rings. The molecular formula is C14H29N3O2. The van der Waals surface area contributed by atoms with Crippen LogP contribution in [0.25, 0.3) is 0 Å². The summed E-state index contributed by atoms with van der Waals surface area (Å²) in [5, 5.41) is 9.65. The molecule has 2 unspecified atom stereocenters. The Labute approximate surface area is 116 Å². The van der Waals surface area contributed by atoms with Gasteiger partial charge in [-0.1, -0.05) is 0 Å². The molecule has 0 saturated carbocycles. The van der Waals surface area contributed by atoms with Gasteiger partial charge in [0.25, 0.3) is 0 Å². The van der Waals surface area contributed by atoms with Gasteiger partial charge in [-0.05, 0) is 66.1 Å². The minimum absolute atomic E-state index is 0.259. The summed E-state index contributed by atoms with van der Waals surface area (Å²) in [6, 6.07) is 0.259. The molecule has 1 heterocycles. The number of carbonyl (C=O) groups is 1. The standard InChI is InChI=1S/C14H29N3O2/c1-11(8-17-13(18)19-14(2,3)4)16-10-12-6-5-7-15-9-12/h11-12,15-16H,5-10H2,1-4H3,(H,17,18). The molecule has 5 heteroatoms. The topological polar surface area (TPSA) is 62.4 Å². The van der Waals surface area contributed by atoms with E-state index in [0.29, 0.717) is 12.5 Å². The number of alkyl carbamates (subject to hydrolysis) is 1. The normalized spacial score (nSPS) is 21.8. The van der Waals surface area contributed by atoms with E-state index < -0.39 is 5.60 Å². The quantitative estimate of drug-likeness (QED) is 0.709. The molecule has 0 aliphatic carbocycles. The summed E-state index contributed by atoms with van der Waals surface area (Å²) in [6.07, 6.45) is 2.20. The second-order valence-electron chi connectivity index (χ2n) is 6.40. The van der Waals surface area contributed by atoms with Crippen LogP contribution in [-0.2, 0) is 4.74 Å². The molecule has 1 fully saturated rings. The van der Waals surface area contributed by atoms with Crippen molar-refractivity contribution in [1.82, 2.24) is 16.0 Å². The maximum atomic E-state index is 11.5. The van der Waals surface area contributed by atoms with Crippen molar-refractivity contribution in [2.75, 3.05) is 26.2 Å². The molecule has 2 atom stereocenters. The fourth-order valence-corrected chi connectivity index (χ4v) is 2.09. The van der Waals surface area contributed by atoms with Crippen molar-refractivity contribution in [3.8, 4) is 0 Å². The van der Waals surface area contributed by atoms with Crippen LogP contribution < -0.4 is 16.0 Å². The van der Waals surface area contributed by atoms with Gasteiger partial charge in [0, 0.05) is 12.6 Å². The smallest absolute Gasteiger partial charge is 0.407 e. The highest BCUT2D eigenvalue weighted by molar-refractivity contribution is 5.67. The van der Waals surface area contributed by atoms with Crippen molar-refractivity contribution in [3.63, 3.8) is 0 Å². The first-order valence-electron chi connectivity index (χ1n) is 7.28. The van der Waals surface area contributed by atoms with Crippen molar-refractivity contribution < 1.29 is 9.53 Å². The van der Waals surface area contributed by atoms with Crippen molar-refractivity contribution >= 4 is 6.09 Å². The van der Waals surface area contributed by atoms with Gasteiger partial charge in [-0.25, -0.2) is 4.79 Å². The average Bonchev–Trinajstić information content (AvgIpc) is 2.33. The number of nitrogens with one attached hydrogen (secondary N) is 3. The third kappa shape index (κ3) is 8.06. The Hall–Kier alpha value is -0.810. The third-order valence-corrected chi connectivity index (χ3v) is 3.11. The largest absolute Gasteiger partial charge is 0.444 e. The molecule has 1 rings (SSSR count). The molecule has 0 aromatic heterocycles. The second kappa shape index (κ2) is 7.70. The molecule has 1 aliphatic heterocycles. The lowest BCUT2D eigenvalue weighted by Crippen LogP contribution is -2.44. The fraction of sp³-hybridized carbons (Fsp3) is 0.929. The van der Waals surface area contributed by atoms with E-state index in [1.165, 1.54) is 12.8 Å². The fourth-order valence-electron chi connectivity index (χ4n) is 2.09. The van der Waals surface area contributed by atoms with Crippen LogP contribution in [0.5, 0.6) is 0 Å². The Morgan fingerprint density at radius 2 is 2.21 bits per heavy atom. The molecule has 19 heavy (non-hydrogen) atoms. The Bertz CT molecular complexity index is 270. The van der Waals surface area contributed by atoms with Gasteiger partial charge in [0.1, 0.15) is 5.60 Å². The Morgan fingerprint density at radius 3 is 2.79 bits per heavy atom. The molecule has 0 bridgehead atoms. The first kappa shape index (κ1) is 16.2. The van der Waals surface area contributed by atoms with Crippen LogP contribution >= 0.6 is 0 Å². The minimum Gasteiger partial charge on any atom is -0.444 e. The van der Waals surface area contributed by atoms with Crippen LogP contribution in [0.4, 0.5) is 4.79 Å². The minimum atomic E-state index is -0.436. The molecule has 0 radical (unpaired) electrons. The van der Waals surface area contributed by atoms with Crippen LogP contribution in [0.3, 0.4) is 0 Å². The Kier molecular flexibility index (Phi) is 6.58. The predicted molar refractivity (Wildman–Crippen MR) is 77.3 cm³/mol. The van der Waals surface area contributed by atoms with E-state index in [9.17, 15) is 4.79 Å². The number of carbonyl (C=O) groups excluding carboxylic acids is 1. The van der Waals surface area contributed by atoms with Crippen LogP contribution in [0.2, 0.25) is 0 Å². The van der Waals surface area contributed by atoms with E-state index in [-0.39, 0.29) is 12.1 Å². The van der Waals surface area contributed by atoms with Gasteiger partial charge >= 0.3 is 6.09 Å². The van der Waals surface area contributed by atoms with Crippen molar-refractivity contribution in [2.45, 2.75) is 52.2 Å². The highest BCUT2D eigenvalue weighted by atomic mass is 16.6. The summed E-state index contributed by atoms with van der Waals surface area (Å²) in [6.45, 7) is 11.5. The van der Waals surface area contributed by atoms with Crippen molar-refractivity contribution in [3.05, 3.63) is 0 Å². The highest BCUT2D eigenvalue weighted by Crippen LogP contribution is 2.08. The molecule has 3 N–H and O–H groups in total. The number of piperidine rings is 1. The molecule has 1 saturated heterocycles. The van der Waals surface area contributed by atoms with Gasteiger partial charge < -0.3 is 20.7 Å². The highest BCUT2D eigenvalue weighted by Gasteiger charge is 2.17. The molecule has 112 valence electrons. The monoisotopic (exact) mass is 271 g/mol. The van der Waals surface area contributed by atoms with Crippen molar-refractivity contribution in [2.24, 2.45) is 5.92 Å².